The van der Waals surface area contributed by atoms with E-state index < -0.39 is 0 Å². The Kier molecular flexibility index (Phi) is 2.28. The van der Waals surface area contributed by atoms with Crippen molar-refractivity contribution >= 4 is 5.97 Å². The molecule has 0 spiro atoms. The van der Waals surface area contributed by atoms with Crippen LogP contribution in [0.2, 0.25) is 0 Å². The van der Waals surface area contributed by atoms with E-state index in [9.17, 15) is 4.79 Å². The minimum Gasteiger partial charge on any atom is -0.465 e. The highest BCUT2D eigenvalue weighted by Gasteiger charge is 2.44. The lowest BCUT2D eigenvalue weighted by molar-refractivity contribution is -0.158. The van der Waals surface area contributed by atoms with Gasteiger partial charge < -0.3 is 9.47 Å². The molecule has 74 valence electrons. The second-order valence-electron chi connectivity index (χ2n) is 4.04. The van der Waals surface area contributed by atoms with Gasteiger partial charge in [0.25, 0.3) is 0 Å². The number of esters is 1. The lowest BCUT2D eigenvalue weighted by atomic mass is 10.0. The van der Waals surface area contributed by atoms with E-state index in [0.717, 1.165) is 12.8 Å². The summed E-state index contributed by atoms with van der Waals surface area (Å²) in [5.74, 6) is 0.272. The molecule has 3 nitrogen and oxygen atoms in total. The van der Waals surface area contributed by atoms with Crippen LogP contribution in [0.25, 0.3) is 0 Å². The van der Waals surface area contributed by atoms with Gasteiger partial charge in [-0.15, -0.1) is 0 Å². The van der Waals surface area contributed by atoms with Gasteiger partial charge >= 0.3 is 5.97 Å². The Balaban J connectivity index is 2.03. The van der Waals surface area contributed by atoms with E-state index in [2.05, 4.69) is 0 Å². The third-order valence-corrected chi connectivity index (χ3v) is 2.98. The summed E-state index contributed by atoms with van der Waals surface area (Å²) in [6, 6.07) is 0. The Morgan fingerprint density at radius 3 is 3.00 bits per heavy atom. The average Bonchev–Trinajstić information content (AvgIpc) is 2.86. The second kappa shape index (κ2) is 3.29. The largest absolute Gasteiger partial charge is 0.465 e. The monoisotopic (exact) mass is 184 g/mol. The molecule has 0 radical (unpaired) electrons. The van der Waals surface area contributed by atoms with Crippen LogP contribution in [-0.2, 0) is 14.3 Å². The fourth-order valence-corrected chi connectivity index (χ4v) is 1.83. The number of hydrogen-bond acceptors (Lipinski definition) is 3. The Morgan fingerprint density at radius 1 is 1.54 bits per heavy atom. The van der Waals surface area contributed by atoms with Gasteiger partial charge in [-0.1, -0.05) is 6.92 Å². The van der Waals surface area contributed by atoms with Gasteiger partial charge in [-0.25, -0.2) is 0 Å². The van der Waals surface area contributed by atoms with Crippen LogP contribution in [0.1, 0.15) is 26.7 Å². The predicted molar refractivity (Wildman–Crippen MR) is 47.2 cm³/mol. The molecule has 2 fully saturated rings. The maximum atomic E-state index is 11.4. The molecule has 13 heavy (non-hydrogen) atoms. The molecule has 0 amide bonds. The minimum absolute atomic E-state index is 0.0581. The Labute approximate surface area is 78.4 Å². The van der Waals surface area contributed by atoms with Gasteiger partial charge in [-0.2, -0.15) is 0 Å². The Bertz CT molecular complexity index is 214. The molecule has 0 aromatic carbocycles. The van der Waals surface area contributed by atoms with E-state index in [-0.39, 0.29) is 18.0 Å². The fourth-order valence-electron chi connectivity index (χ4n) is 1.83. The SMILES string of the molecule is CCC1OC2CC2COC(=O)C1C. The number of cyclic esters (lactones) is 1. The van der Waals surface area contributed by atoms with Crippen molar-refractivity contribution in [3.63, 3.8) is 0 Å². The summed E-state index contributed by atoms with van der Waals surface area (Å²) >= 11 is 0. The maximum absolute atomic E-state index is 11.4. The van der Waals surface area contributed by atoms with Gasteiger partial charge in [-0.3, -0.25) is 4.79 Å². The summed E-state index contributed by atoms with van der Waals surface area (Å²) in [6.45, 7) is 4.50. The van der Waals surface area contributed by atoms with Crippen molar-refractivity contribution in [2.24, 2.45) is 11.8 Å². The zero-order valence-corrected chi connectivity index (χ0v) is 8.16. The molecule has 2 rings (SSSR count). The van der Waals surface area contributed by atoms with Gasteiger partial charge in [0, 0.05) is 5.92 Å². The third kappa shape index (κ3) is 1.70. The number of ether oxygens (including phenoxy) is 2. The number of rotatable bonds is 1. The van der Waals surface area contributed by atoms with Gasteiger partial charge in [-0.05, 0) is 19.8 Å². The molecule has 1 saturated carbocycles. The van der Waals surface area contributed by atoms with Crippen molar-refractivity contribution < 1.29 is 14.3 Å². The van der Waals surface area contributed by atoms with Gasteiger partial charge in [0.2, 0.25) is 0 Å². The standard InChI is InChI=1S/C10H16O3/c1-3-8-6(2)10(11)12-5-7-4-9(7)13-8/h6-9H,3-5H2,1-2H3. The molecular weight excluding hydrogens is 168 g/mol. The summed E-state index contributed by atoms with van der Waals surface area (Å²) in [5, 5.41) is 0. The fraction of sp³-hybridized carbons (Fsp3) is 0.900. The van der Waals surface area contributed by atoms with Crippen molar-refractivity contribution in [2.45, 2.75) is 38.9 Å². The number of carbonyl (C=O) groups is 1. The van der Waals surface area contributed by atoms with Crippen molar-refractivity contribution in [3.05, 3.63) is 0 Å². The highest BCUT2D eigenvalue weighted by molar-refractivity contribution is 5.72. The summed E-state index contributed by atoms with van der Waals surface area (Å²) < 4.78 is 11.0. The van der Waals surface area contributed by atoms with Crippen LogP contribution in [0.3, 0.4) is 0 Å². The van der Waals surface area contributed by atoms with Crippen molar-refractivity contribution in [3.8, 4) is 0 Å². The molecule has 0 bridgehead atoms. The first-order chi connectivity index (χ1) is 6.22. The predicted octanol–water partition coefficient (Wildman–Crippen LogP) is 1.36. The average molecular weight is 184 g/mol. The van der Waals surface area contributed by atoms with Crippen LogP contribution in [-0.4, -0.2) is 24.8 Å². The van der Waals surface area contributed by atoms with E-state index in [1.165, 1.54) is 0 Å². The highest BCUT2D eigenvalue weighted by Crippen LogP contribution is 2.38. The highest BCUT2D eigenvalue weighted by atomic mass is 16.6. The third-order valence-electron chi connectivity index (χ3n) is 2.98. The molecule has 0 aromatic heterocycles. The van der Waals surface area contributed by atoms with E-state index in [1.807, 2.05) is 13.8 Å². The summed E-state index contributed by atoms with van der Waals surface area (Å²) in [5.41, 5.74) is 0. The van der Waals surface area contributed by atoms with Crippen LogP contribution in [0, 0.1) is 11.8 Å². The first-order valence-electron chi connectivity index (χ1n) is 5.04. The molecule has 4 unspecified atom stereocenters. The molecular formula is C10H16O3. The lowest BCUT2D eigenvalue weighted by Gasteiger charge is -2.24. The van der Waals surface area contributed by atoms with E-state index >= 15 is 0 Å². The van der Waals surface area contributed by atoms with E-state index in [4.69, 9.17) is 9.47 Å². The number of hydrogen-bond donors (Lipinski definition) is 0. The molecule has 1 saturated heterocycles. The van der Waals surface area contributed by atoms with Crippen LogP contribution >= 0.6 is 0 Å². The molecule has 1 aliphatic carbocycles. The van der Waals surface area contributed by atoms with Crippen LogP contribution < -0.4 is 0 Å². The van der Waals surface area contributed by atoms with Crippen molar-refractivity contribution in [1.82, 2.24) is 0 Å². The molecule has 0 N–H and O–H groups in total. The lowest BCUT2D eigenvalue weighted by Crippen LogP contribution is -2.33. The Hall–Kier alpha value is -0.570. The molecule has 3 heteroatoms. The van der Waals surface area contributed by atoms with E-state index in [0.29, 0.717) is 18.6 Å². The molecule has 0 aromatic rings. The van der Waals surface area contributed by atoms with Crippen LogP contribution in [0.5, 0.6) is 0 Å². The number of fused-ring (bicyclic) bond motifs is 1. The maximum Gasteiger partial charge on any atom is 0.311 e. The molecule has 1 aliphatic heterocycles. The minimum atomic E-state index is -0.105. The molecule has 4 atom stereocenters. The van der Waals surface area contributed by atoms with Gasteiger partial charge in [0.05, 0.1) is 24.7 Å². The quantitative estimate of drug-likeness (QED) is 0.577. The van der Waals surface area contributed by atoms with Crippen molar-refractivity contribution in [2.75, 3.05) is 6.61 Å². The summed E-state index contributed by atoms with van der Waals surface area (Å²) in [7, 11) is 0. The smallest absolute Gasteiger partial charge is 0.311 e. The van der Waals surface area contributed by atoms with Crippen LogP contribution in [0.4, 0.5) is 0 Å². The topological polar surface area (TPSA) is 35.5 Å². The first-order valence-corrected chi connectivity index (χ1v) is 5.04. The molecule has 2 aliphatic rings. The summed E-state index contributed by atoms with van der Waals surface area (Å²) in [6.07, 6.45) is 2.37. The molecule has 1 heterocycles. The second-order valence-corrected chi connectivity index (χ2v) is 4.04. The van der Waals surface area contributed by atoms with E-state index in [1.54, 1.807) is 0 Å². The summed E-state index contributed by atoms with van der Waals surface area (Å²) in [4.78, 5) is 11.4. The first kappa shape index (κ1) is 9.00. The van der Waals surface area contributed by atoms with Crippen LogP contribution in [0.15, 0.2) is 0 Å². The zero-order chi connectivity index (χ0) is 9.42. The van der Waals surface area contributed by atoms with Gasteiger partial charge in [0.1, 0.15) is 0 Å². The zero-order valence-electron chi connectivity index (χ0n) is 8.16. The normalized spacial score (nSPS) is 44.3. The van der Waals surface area contributed by atoms with Crippen molar-refractivity contribution in [1.29, 1.82) is 0 Å². The number of carbonyl (C=O) groups excluding carboxylic acids is 1. The van der Waals surface area contributed by atoms with Gasteiger partial charge in [0.15, 0.2) is 0 Å². The Morgan fingerprint density at radius 2 is 2.31 bits per heavy atom.